The Morgan fingerprint density at radius 1 is 1.09 bits per heavy atom. The first-order valence-corrected chi connectivity index (χ1v) is 8.33. The molecule has 0 amide bonds. The number of hydrogen-bond acceptors (Lipinski definition) is 5. The van der Waals surface area contributed by atoms with Gasteiger partial charge in [0, 0.05) is 21.4 Å². The molecule has 0 spiro atoms. The third kappa shape index (κ3) is 2.13. The number of rotatable bonds is 2. The summed E-state index contributed by atoms with van der Waals surface area (Å²) in [5.74, 6) is 0.695. The number of aromatic amines is 1. The van der Waals surface area contributed by atoms with Gasteiger partial charge in [0.05, 0.1) is 5.39 Å². The van der Waals surface area contributed by atoms with Crippen molar-refractivity contribution in [3.8, 4) is 27.6 Å². The molecular formula is C16H10N2O2S2. The second kappa shape index (κ2) is 5.08. The minimum Gasteiger partial charge on any atom is -0.508 e. The van der Waals surface area contributed by atoms with E-state index in [0.29, 0.717) is 11.2 Å². The van der Waals surface area contributed by atoms with E-state index >= 15 is 0 Å². The van der Waals surface area contributed by atoms with Crippen LogP contribution in [-0.2, 0) is 0 Å². The smallest absolute Gasteiger partial charge is 0.260 e. The van der Waals surface area contributed by atoms with Gasteiger partial charge in [-0.15, -0.1) is 22.7 Å². The summed E-state index contributed by atoms with van der Waals surface area (Å²) in [5, 5.41) is 13.9. The molecule has 0 saturated heterocycles. The lowest BCUT2D eigenvalue weighted by atomic mass is 10.2. The number of aromatic nitrogens is 2. The summed E-state index contributed by atoms with van der Waals surface area (Å²) in [7, 11) is 0. The van der Waals surface area contributed by atoms with Gasteiger partial charge in [0.25, 0.3) is 5.56 Å². The maximum absolute atomic E-state index is 12.5. The zero-order valence-electron chi connectivity index (χ0n) is 11.2. The molecule has 22 heavy (non-hydrogen) atoms. The molecule has 4 rings (SSSR count). The normalized spacial score (nSPS) is 11.1. The Kier molecular flexibility index (Phi) is 3.06. The van der Waals surface area contributed by atoms with Crippen molar-refractivity contribution in [1.82, 2.24) is 9.97 Å². The van der Waals surface area contributed by atoms with Gasteiger partial charge in [-0.05, 0) is 35.7 Å². The summed E-state index contributed by atoms with van der Waals surface area (Å²) < 4.78 is 0. The Morgan fingerprint density at radius 3 is 2.64 bits per heavy atom. The average Bonchev–Trinajstić information content (AvgIpc) is 3.16. The molecule has 0 atom stereocenters. The minimum atomic E-state index is -0.141. The van der Waals surface area contributed by atoms with Gasteiger partial charge in [0.1, 0.15) is 16.4 Å². The Hall–Kier alpha value is -2.44. The second-order valence-electron chi connectivity index (χ2n) is 4.77. The van der Waals surface area contributed by atoms with E-state index < -0.39 is 0 Å². The molecule has 0 aliphatic heterocycles. The van der Waals surface area contributed by atoms with Gasteiger partial charge >= 0.3 is 0 Å². The van der Waals surface area contributed by atoms with Crippen LogP contribution in [0.5, 0.6) is 5.75 Å². The fourth-order valence-corrected chi connectivity index (χ4v) is 4.08. The highest BCUT2D eigenvalue weighted by molar-refractivity contribution is 7.18. The van der Waals surface area contributed by atoms with Crippen LogP contribution in [0.4, 0.5) is 0 Å². The van der Waals surface area contributed by atoms with Crippen LogP contribution in [-0.4, -0.2) is 15.1 Å². The van der Waals surface area contributed by atoms with Crippen LogP contribution >= 0.6 is 22.7 Å². The molecule has 6 heteroatoms. The summed E-state index contributed by atoms with van der Waals surface area (Å²) in [6, 6.07) is 10.6. The molecule has 108 valence electrons. The molecule has 0 bridgehead atoms. The number of benzene rings is 1. The fraction of sp³-hybridized carbons (Fsp3) is 0. The molecule has 0 saturated carbocycles. The monoisotopic (exact) mass is 326 g/mol. The van der Waals surface area contributed by atoms with E-state index in [0.717, 1.165) is 20.8 Å². The zero-order valence-corrected chi connectivity index (χ0v) is 12.9. The number of phenols is 1. The van der Waals surface area contributed by atoms with Gasteiger partial charge in [0.15, 0.2) is 0 Å². The first kappa shape index (κ1) is 13.2. The fourth-order valence-electron chi connectivity index (χ4n) is 2.32. The molecule has 4 nitrogen and oxygen atoms in total. The SMILES string of the molecule is O=c1[nH]c(-c2ccc(O)cc2)nc2scc(-c3cccs3)c12. The van der Waals surface area contributed by atoms with Gasteiger partial charge in [-0.2, -0.15) is 0 Å². The lowest BCUT2D eigenvalue weighted by Gasteiger charge is -2.02. The lowest BCUT2D eigenvalue weighted by Crippen LogP contribution is -2.08. The number of aromatic hydroxyl groups is 1. The predicted molar refractivity (Wildman–Crippen MR) is 90.7 cm³/mol. The highest BCUT2D eigenvalue weighted by Gasteiger charge is 2.14. The number of thiophene rings is 2. The van der Waals surface area contributed by atoms with E-state index in [1.807, 2.05) is 22.9 Å². The summed E-state index contributed by atoms with van der Waals surface area (Å²) in [4.78, 5) is 21.7. The van der Waals surface area contributed by atoms with Crippen LogP contribution in [0.3, 0.4) is 0 Å². The number of phenolic OH excluding ortho intramolecular Hbond substituents is 1. The quantitative estimate of drug-likeness (QED) is 0.583. The van der Waals surface area contributed by atoms with Crippen molar-refractivity contribution in [2.45, 2.75) is 0 Å². The number of hydrogen-bond donors (Lipinski definition) is 2. The molecule has 1 aromatic carbocycles. The van der Waals surface area contributed by atoms with Crippen molar-refractivity contribution in [1.29, 1.82) is 0 Å². The molecule has 3 heterocycles. The van der Waals surface area contributed by atoms with E-state index in [9.17, 15) is 9.90 Å². The second-order valence-corrected chi connectivity index (χ2v) is 6.57. The Bertz CT molecular complexity index is 999. The summed E-state index contributed by atoms with van der Waals surface area (Å²) >= 11 is 3.07. The van der Waals surface area contributed by atoms with Gasteiger partial charge in [0.2, 0.25) is 0 Å². The molecule has 4 aromatic rings. The molecule has 0 radical (unpaired) electrons. The molecule has 2 N–H and O–H groups in total. The van der Waals surface area contributed by atoms with E-state index in [2.05, 4.69) is 9.97 Å². The van der Waals surface area contributed by atoms with Crippen molar-refractivity contribution < 1.29 is 5.11 Å². The number of nitrogens with one attached hydrogen (secondary N) is 1. The van der Waals surface area contributed by atoms with Gasteiger partial charge in [-0.1, -0.05) is 6.07 Å². The maximum Gasteiger partial charge on any atom is 0.260 e. The third-order valence-electron chi connectivity index (χ3n) is 3.37. The highest BCUT2D eigenvalue weighted by Crippen LogP contribution is 2.34. The van der Waals surface area contributed by atoms with Crippen molar-refractivity contribution in [2.24, 2.45) is 0 Å². The Labute approximate surface area is 133 Å². The molecule has 0 aliphatic rings. The highest BCUT2D eigenvalue weighted by atomic mass is 32.1. The first-order chi connectivity index (χ1) is 10.7. The van der Waals surface area contributed by atoms with E-state index in [1.54, 1.807) is 35.6 Å². The van der Waals surface area contributed by atoms with Gasteiger partial charge in [-0.3, -0.25) is 4.79 Å². The van der Waals surface area contributed by atoms with Crippen LogP contribution < -0.4 is 5.56 Å². The van der Waals surface area contributed by atoms with Crippen LogP contribution in [0.25, 0.3) is 32.0 Å². The number of H-pyrrole nitrogens is 1. The zero-order chi connectivity index (χ0) is 15.1. The third-order valence-corrected chi connectivity index (χ3v) is 5.15. The molecule has 0 unspecified atom stereocenters. The Balaban J connectivity index is 1.92. The number of fused-ring (bicyclic) bond motifs is 1. The van der Waals surface area contributed by atoms with Crippen molar-refractivity contribution in [3.63, 3.8) is 0 Å². The predicted octanol–water partition coefficient (Wildman–Crippen LogP) is 4.09. The standard InChI is InChI=1S/C16H10N2O2S2/c19-10-5-3-9(4-6-10)14-17-15(20)13-11(8-22-16(13)18-14)12-2-1-7-21-12/h1-8,19H,(H,17,18,20). The van der Waals surface area contributed by atoms with Crippen LogP contribution in [0.2, 0.25) is 0 Å². The van der Waals surface area contributed by atoms with Gasteiger partial charge < -0.3 is 10.1 Å². The Morgan fingerprint density at radius 2 is 1.91 bits per heavy atom. The summed E-state index contributed by atoms with van der Waals surface area (Å²) in [5.41, 5.74) is 1.56. The minimum absolute atomic E-state index is 0.141. The summed E-state index contributed by atoms with van der Waals surface area (Å²) in [6.07, 6.45) is 0. The molecule has 0 fully saturated rings. The summed E-state index contributed by atoms with van der Waals surface area (Å²) in [6.45, 7) is 0. The van der Waals surface area contributed by atoms with Crippen molar-refractivity contribution in [2.75, 3.05) is 0 Å². The molecule has 3 aromatic heterocycles. The van der Waals surface area contributed by atoms with Crippen molar-refractivity contribution >= 4 is 32.9 Å². The van der Waals surface area contributed by atoms with Crippen LogP contribution in [0.1, 0.15) is 0 Å². The van der Waals surface area contributed by atoms with E-state index in [1.165, 1.54) is 11.3 Å². The molecular weight excluding hydrogens is 316 g/mol. The largest absolute Gasteiger partial charge is 0.508 e. The topological polar surface area (TPSA) is 66.0 Å². The van der Waals surface area contributed by atoms with Crippen molar-refractivity contribution in [3.05, 3.63) is 57.5 Å². The van der Waals surface area contributed by atoms with Crippen LogP contribution in [0.15, 0.2) is 52.0 Å². The van der Waals surface area contributed by atoms with E-state index in [4.69, 9.17) is 0 Å². The van der Waals surface area contributed by atoms with Crippen LogP contribution in [0, 0.1) is 0 Å². The average molecular weight is 326 g/mol. The maximum atomic E-state index is 12.5. The van der Waals surface area contributed by atoms with E-state index in [-0.39, 0.29) is 11.3 Å². The first-order valence-electron chi connectivity index (χ1n) is 6.57. The lowest BCUT2D eigenvalue weighted by molar-refractivity contribution is 0.475. The molecule has 0 aliphatic carbocycles. The van der Waals surface area contributed by atoms with Gasteiger partial charge in [-0.25, -0.2) is 4.98 Å². The number of nitrogens with zero attached hydrogens (tertiary/aromatic N) is 1.